The lowest BCUT2D eigenvalue weighted by atomic mass is 9.93. The zero-order valence-corrected chi connectivity index (χ0v) is 24.5. The fourth-order valence-electron chi connectivity index (χ4n) is 4.49. The Labute approximate surface area is 245 Å². The highest BCUT2D eigenvalue weighted by molar-refractivity contribution is 7.14. The van der Waals surface area contributed by atoms with Crippen LogP contribution in [0.1, 0.15) is 61.1 Å². The highest BCUT2D eigenvalue weighted by atomic mass is 32.1. The molecule has 0 spiro atoms. The van der Waals surface area contributed by atoms with Crippen molar-refractivity contribution in [3.8, 4) is 0 Å². The molecule has 4 aromatic heterocycles. The molecule has 0 atom stereocenters. The SMILES string of the molecule is CC(C)(C)c1csc(NC(=O)c2ccn3c(=O)c(/C=C/c4nn[nH]n4)c(N4CCN(C(=O)CCCN)CC4)nc3c2)n1. The summed E-state index contributed by atoms with van der Waals surface area (Å²) in [6.07, 6.45) is 5.77. The summed E-state index contributed by atoms with van der Waals surface area (Å²) in [6, 6.07) is 3.15. The number of carbonyl (C=O) groups excluding carboxylic acids is 2. The van der Waals surface area contributed by atoms with Gasteiger partial charge < -0.3 is 15.5 Å². The van der Waals surface area contributed by atoms with Crippen LogP contribution in [0.25, 0.3) is 17.8 Å². The van der Waals surface area contributed by atoms with E-state index in [2.05, 4.69) is 51.7 Å². The maximum absolute atomic E-state index is 13.7. The van der Waals surface area contributed by atoms with Gasteiger partial charge in [0.2, 0.25) is 5.91 Å². The first-order valence-electron chi connectivity index (χ1n) is 13.6. The van der Waals surface area contributed by atoms with Gasteiger partial charge in [0.25, 0.3) is 11.5 Å². The maximum Gasteiger partial charge on any atom is 0.267 e. The normalized spacial score (nSPS) is 14.2. The summed E-state index contributed by atoms with van der Waals surface area (Å²) >= 11 is 1.36. The lowest BCUT2D eigenvalue weighted by molar-refractivity contribution is -0.131. The lowest BCUT2D eigenvalue weighted by Gasteiger charge is -2.36. The van der Waals surface area contributed by atoms with E-state index in [0.29, 0.717) is 79.1 Å². The summed E-state index contributed by atoms with van der Waals surface area (Å²) in [5.41, 5.74) is 6.98. The zero-order valence-electron chi connectivity index (χ0n) is 23.7. The van der Waals surface area contributed by atoms with Gasteiger partial charge in [0.15, 0.2) is 11.0 Å². The number of nitrogens with two attached hydrogens (primary N) is 1. The van der Waals surface area contributed by atoms with E-state index in [1.54, 1.807) is 29.2 Å². The number of anilines is 2. The Hall–Kier alpha value is -4.50. The van der Waals surface area contributed by atoms with Crippen molar-refractivity contribution in [1.82, 2.24) is 39.9 Å². The average molecular weight is 592 g/mol. The maximum atomic E-state index is 13.7. The van der Waals surface area contributed by atoms with Crippen LogP contribution in [0.2, 0.25) is 0 Å². The molecule has 4 aromatic rings. The molecule has 0 unspecified atom stereocenters. The Morgan fingerprint density at radius 2 is 1.95 bits per heavy atom. The molecule has 0 aromatic carbocycles. The summed E-state index contributed by atoms with van der Waals surface area (Å²) in [4.78, 5) is 52.5. The average Bonchev–Trinajstić information content (AvgIpc) is 3.68. The molecule has 0 bridgehead atoms. The number of nitrogens with one attached hydrogen (secondary N) is 2. The first kappa shape index (κ1) is 29.0. The van der Waals surface area contributed by atoms with E-state index in [1.165, 1.54) is 21.9 Å². The van der Waals surface area contributed by atoms with Crippen LogP contribution in [-0.4, -0.2) is 84.4 Å². The summed E-state index contributed by atoms with van der Waals surface area (Å²) in [6.45, 7) is 8.60. The Balaban J connectivity index is 1.46. The van der Waals surface area contributed by atoms with Gasteiger partial charge in [0, 0.05) is 55.2 Å². The van der Waals surface area contributed by atoms with E-state index in [0.717, 1.165) is 5.69 Å². The molecule has 5 rings (SSSR count). The van der Waals surface area contributed by atoms with Gasteiger partial charge in [-0.2, -0.15) is 5.21 Å². The number of amides is 2. The first-order chi connectivity index (χ1) is 20.1. The second-order valence-corrected chi connectivity index (χ2v) is 11.8. The quantitative estimate of drug-likeness (QED) is 0.273. The van der Waals surface area contributed by atoms with Crippen molar-refractivity contribution in [3.63, 3.8) is 0 Å². The molecule has 0 radical (unpaired) electrons. The predicted octanol–water partition coefficient (Wildman–Crippen LogP) is 1.77. The molecule has 4 N–H and O–H groups in total. The molecular formula is C27H33N11O3S. The summed E-state index contributed by atoms with van der Waals surface area (Å²) in [7, 11) is 0. The summed E-state index contributed by atoms with van der Waals surface area (Å²) in [5.74, 6) is 0.467. The molecule has 15 heteroatoms. The molecule has 5 heterocycles. The van der Waals surface area contributed by atoms with E-state index in [4.69, 9.17) is 10.7 Å². The van der Waals surface area contributed by atoms with Gasteiger partial charge in [0.05, 0.1) is 11.3 Å². The van der Waals surface area contributed by atoms with Crippen molar-refractivity contribution in [2.75, 3.05) is 42.9 Å². The van der Waals surface area contributed by atoms with Crippen LogP contribution in [-0.2, 0) is 10.2 Å². The van der Waals surface area contributed by atoms with Gasteiger partial charge in [-0.15, -0.1) is 21.5 Å². The molecule has 1 saturated heterocycles. The number of aromatic amines is 1. The predicted molar refractivity (Wildman–Crippen MR) is 160 cm³/mol. The van der Waals surface area contributed by atoms with Crippen molar-refractivity contribution >= 4 is 51.9 Å². The largest absolute Gasteiger partial charge is 0.352 e. The fraction of sp³-hybridized carbons (Fsp3) is 0.407. The number of carbonyl (C=O) groups is 2. The van der Waals surface area contributed by atoms with Crippen LogP contribution in [0.3, 0.4) is 0 Å². The van der Waals surface area contributed by atoms with Gasteiger partial charge in [-0.3, -0.25) is 24.1 Å². The first-order valence-corrected chi connectivity index (χ1v) is 14.5. The minimum Gasteiger partial charge on any atom is -0.352 e. The van der Waals surface area contributed by atoms with E-state index in [9.17, 15) is 14.4 Å². The van der Waals surface area contributed by atoms with Gasteiger partial charge in [-0.25, -0.2) is 9.97 Å². The number of pyridine rings is 1. The number of hydrogen-bond acceptors (Lipinski definition) is 11. The number of hydrogen-bond donors (Lipinski definition) is 3. The third-order valence-corrected chi connectivity index (χ3v) is 7.65. The van der Waals surface area contributed by atoms with E-state index in [1.807, 2.05) is 10.3 Å². The fourth-order valence-corrected chi connectivity index (χ4v) is 5.42. The smallest absolute Gasteiger partial charge is 0.267 e. The number of aromatic nitrogens is 7. The Bertz CT molecular complexity index is 1660. The molecular weight excluding hydrogens is 558 g/mol. The van der Waals surface area contributed by atoms with Crippen molar-refractivity contribution in [1.29, 1.82) is 0 Å². The van der Waals surface area contributed by atoms with E-state index < -0.39 is 0 Å². The van der Waals surface area contributed by atoms with Gasteiger partial charge in [-0.05, 0) is 42.5 Å². The highest BCUT2D eigenvalue weighted by Crippen LogP contribution is 2.27. The van der Waals surface area contributed by atoms with Crippen molar-refractivity contribution in [2.45, 2.75) is 39.0 Å². The molecule has 0 saturated carbocycles. The molecule has 0 aliphatic carbocycles. The Kier molecular flexibility index (Phi) is 8.40. The summed E-state index contributed by atoms with van der Waals surface area (Å²) < 4.78 is 1.39. The highest BCUT2D eigenvalue weighted by Gasteiger charge is 2.25. The number of rotatable bonds is 8. The van der Waals surface area contributed by atoms with E-state index in [-0.39, 0.29) is 22.8 Å². The number of fused-ring (bicyclic) bond motifs is 1. The molecule has 1 aliphatic heterocycles. The van der Waals surface area contributed by atoms with Crippen LogP contribution < -0.4 is 21.5 Å². The van der Waals surface area contributed by atoms with Crippen molar-refractivity contribution < 1.29 is 9.59 Å². The van der Waals surface area contributed by atoms with E-state index >= 15 is 0 Å². The minimum absolute atomic E-state index is 0.0642. The van der Waals surface area contributed by atoms with Gasteiger partial charge in [-0.1, -0.05) is 20.8 Å². The number of piperazine rings is 1. The van der Waals surface area contributed by atoms with Crippen LogP contribution in [0, 0.1) is 0 Å². The zero-order chi connectivity index (χ0) is 29.9. The molecule has 1 fully saturated rings. The van der Waals surface area contributed by atoms with Crippen molar-refractivity contribution in [2.24, 2.45) is 5.73 Å². The Morgan fingerprint density at radius 3 is 2.62 bits per heavy atom. The van der Waals surface area contributed by atoms with Crippen molar-refractivity contribution in [3.05, 3.63) is 56.7 Å². The number of nitrogens with zero attached hydrogens (tertiary/aromatic N) is 8. The van der Waals surface area contributed by atoms with Crippen LogP contribution in [0.15, 0.2) is 28.5 Å². The number of thiazole rings is 1. The minimum atomic E-state index is -0.353. The van der Waals surface area contributed by atoms with Crippen LogP contribution in [0.5, 0.6) is 0 Å². The molecule has 42 heavy (non-hydrogen) atoms. The molecule has 14 nitrogen and oxygen atoms in total. The van der Waals surface area contributed by atoms with Crippen LogP contribution >= 0.6 is 11.3 Å². The number of tetrazole rings is 1. The topological polar surface area (TPSA) is 180 Å². The summed E-state index contributed by atoms with van der Waals surface area (Å²) in [5, 5.41) is 19.1. The third-order valence-electron chi connectivity index (χ3n) is 6.89. The monoisotopic (exact) mass is 591 g/mol. The Morgan fingerprint density at radius 1 is 1.17 bits per heavy atom. The van der Waals surface area contributed by atoms with Crippen LogP contribution in [0.4, 0.5) is 10.9 Å². The molecule has 1 aliphatic rings. The third kappa shape index (κ3) is 6.36. The van der Waals surface area contributed by atoms with Gasteiger partial charge in [0.1, 0.15) is 11.5 Å². The second-order valence-electron chi connectivity index (χ2n) is 10.9. The molecule has 2 amide bonds. The standard InChI is InChI=1S/C27H33N11O3S/c1-27(2,3)19-16-42-26(29-19)31-24(40)17-8-10-38-21(15-17)30-23(18(25(38)41)6-7-20-32-34-35-33-20)37-13-11-36(12-14-37)22(39)5-4-9-28/h6-8,10,15-16H,4-5,9,11-14,28H2,1-3H3,(H,29,31,40)(H,32,33,34,35)/b7-6+. The second kappa shape index (κ2) is 12.2. The number of H-pyrrole nitrogens is 1. The molecule has 220 valence electrons. The lowest BCUT2D eigenvalue weighted by Crippen LogP contribution is -2.49. The van der Waals surface area contributed by atoms with Gasteiger partial charge >= 0.3 is 0 Å².